The number of aromatic nitrogens is 1. The molecule has 0 unspecified atom stereocenters. The molecule has 9 N–H and O–H groups in total. The minimum absolute atomic E-state index is 0.0243. The molecule has 1 radical (unpaired) electrons. The predicted molar refractivity (Wildman–Crippen MR) is 225 cm³/mol. The quantitative estimate of drug-likeness (QED) is 0.109. The van der Waals surface area contributed by atoms with Gasteiger partial charge in [-0.3, -0.25) is 4.79 Å². The number of halogens is 1. The highest BCUT2D eigenvalue weighted by molar-refractivity contribution is 7.21. The van der Waals surface area contributed by atoms with E-state index in [0.717, 1.165) is 5.46 Å². The van der Waals surface area contributed by atoms with E-state index in [0.29, 0.717) is 28.2 Å². The van der Waals surface area contributed by atoms with Crippen molar-refractivity contribution in [1.82, 2.24) is 4.98 Å². The molecule has 2 aliphatic heterocycles. The summed E-state index contributed by atoms with van der Waals surface area (Å²) in [4.78, 5) is 13.6. The zero-order chi connectivity index (χ0) is 41.5. The summed E-state index contributed by atoms with van der Waals surface area (Å²) < 4.78 is 16.5. The van der Waals surface area contributed by atoms with Crippen molar-refractivity contribution >= 4 is 74.3 Å². The maximum absolute atomic E-state index is 11.0. The van der Waals surface area contributed by atoms with Gasteiger partial charge >= 0.3 is 21.4 Å². The van der Waals surface area contributed by atoms with E-state index < -0.39 is 21.4 Å². The fourth-order valence-corrected chi connectivity index (χ4v) is 5.89. The number of benzene rings is 3. The van der Waals surface area contributed by atoms with E-state index in [1.807, 2.05) is 39.8 Å². The Morgan fingerprint density at radius 1 is 0.800 bits per heavy atom. The fourth-order valence-electron chi connectivity index (χ4n) is 5.70. The Balaban J connectivity index is 0.000000201. The first-order valence-electron chi connectivity index (χ1n) is 17.7. The molecule has 0 atom stereocenters. The zero-order valence-electron chi connectivity index (χ0n) is 32.9. The van der Waals surface area contributed by atoms with E-state index >= 15 is 0 Å². The lowest BCUT2D eigenvalue weighted by atomic mass is 9.17. The van der Waals surface area contributed by atoms with Gasteiger partial charge in [-0.1, -0.05) is 86.7 Å². The lowest BCUT2D eigenvalue weighted by molar-refractivity contribution is 0.00578. The summed E-state index contributed by atoms with van der Waals surface area (Å²) in [5.41, 5.74) is 8.62. The van der Waals surface area contributed by atoms with Gasteiger partial charge in [-0.2, -0.15) is 0 Å². The Kier molecular flexibility index (Phi) is 15.3. The summed E-state index contributed by atoms with van der Waals surface area (Å²) in [6.07, 6.45) is 2.80. The molecular weight excluding hydrogens is 722 g/mol. The van der Waals surface area contributed by atoms with E-state index in [1.54, 1.807) is 12.3 Å². The Morgan fingerprint density at radius 2 is 1.36 bits per heavy atom. The molecule has 2 aliphatic rings. The van der Waals surface area contributed by atoms with Crippen molar-refractivity contribution in [1.29, 1.82) is 0 Å². The van der Waals surface area contributed by atoms with Crippen molar-refractivity contribution in [2.24, 2.45) is 5.41 Å². The van der Waals surface area contributed by atoms with E-state index in [4.69, 9.17) is 61.7 Å². The average Bonchev–Trinajstić information content (AvgIpc) is 3.46. The molecule has 0 spiro atoms. The van der Waals surface area contributed by atoms with Crippen LogP contribution in [0.4, 0.5) is 5.69 Å². The third-order valence-corrected chi connectivity index (χ3v) is 10.9. The van der Waals surface area contributed by atoms with Crippen LogP contribution in [-0.4, -0.2) is 88.7 Å². The number of aromatic hydroxyl groups is 2. The highest BCUT2D eigenvalue weighted by Gasteiger charge is 2.52. The Morgan fingerprint density at radius 3 is 1.82 bits per heavy atom. The molecule has 0 amide bonds. The van der Waals surface area contributed by atoms with E-state index in [1.165, 1.54) is 67.4 Å². The minimum Gasteiger partial charge on any atom is -0.508 e. The summed E-state index contributed by atoms with van der Waals surface area (Å²) in [5.74, 6) is 0.394. The SMILES string of the molecule is CC1(C)OB(c2ccc(=O)[nH]c2)OC1(C)C.CC1(C)[B]B(c2ccc(N)c(Cl)c2)CC1(C)C.COc1cc(O)ccc1B(O)O.OB(O)c1ccc(O)cc1. The summed E-state index contributed by atoms with van der Waals surface area (Å²) >= 11 is 6.10. The number of hydrogen-bond donors (Lipinski definition) is 8. The lowest BCUT2D eigenvalue weighted by Gasteiger charge is -2.35. The van der Waals surface area contributed by atoms with Crippen LogP contribution in [-0.2, 0) is 9.31 Å². The van der Waals surface area contributed by atoms with Crippen LogP contribution in [0.2, 0.25) is 16.7 Å². The van der Waals surface area contributed by atoms with E-state index in [2.05, 4.69) is 45.9 Å². The third-order valence-electron chi connectivity index (χ3n) is 10.6. The van der Waals surface area contributed by atoms with Crippen LogP contribution < -0.4 is 37.9 Å². The van der Waals surface area contributed by atoms with Crippen LogP contribution in [0.1, 0.15) is 55.4 Å². The van der Waals surface area contributed by atoms with Crippen molar-refractivity contribution < 1.29 is 44.4 Å². The largest absolute Gasteiger partial charge is 0.508 e. The molecule has 0 saturated carbocycles. The van der Waals surface area contributed by atoms with Gasteiger partial charge < -0.3 is 55.1 Å². The first-order chi connectivity index (χ1) is 25.4. The number of methoxy groups -OCH3 is 1. The summed E-state index contributed by atoms with van der Waals surface area (Å²) in [6, 6.07) is 19.0. The molecule has 3 aromatic carbocycles. The van der Waals surface area contributed by atoms with Crippen molar-refractivity contribution in [2.45, 2.75) is 78.2 Å². The van der Waals surface area contributed by atoms with Gasteiger partial charge in [0, 0.05) is 23.8 Å². The molecule has 2 saturated heterocycles. The summed E-state index contributed by atoms with van der Waals surface area (Å²) in [7, 11) is 0.387. The number of H-pyrrole nitrogens is 1. The first-order valence-corrected chi connectivity index (χ1v) is 18.1. The van der Waals surface area contributed by atoms with Crippen LogP contribution in [0, 0.1) is 5.41 Å². The highest BCUT2D eigenvalue weighted by Crippen LogP contribution is 2.53. The van der Waals surface area contributed by atoms with Crippen molar-refractivity contribution in [3.05, 3.63) is 94.4 Å². The molecule has 18 heteroatoms. The second-order valence-electron chi connectivity index (χ2n) is 15.7. The normalized spacial score (nSPS) is 16.9. The number of phenolic OH excluding ortho intramolecular Hbond substituents is 2. The van der Waals surface area contributed by atoms with E-state index in [-0.39, 0.29) is 44.8 Å². The van der Waals surface area contributed by atoms with Gasteiger partial charge in [-0.05, 0) is 74.4 Å². The number of hydrogen-bond acceptors (Lipinski definition) is 11. The third kappa shape index (κ3) is 12.1. The van der Waals surface area contributed by atoms with Crippen molar-refractivity contribution in [2.75, 3.05) is 12.8 Å². The maximum Gasteiger partial charge on any atom is 0.496 e. The molecule has 3 heterocycles. The topological polar surface area (TPSA) is 208 Å². The van der Waals surface area contributed by atoms with Crippen LogP contribution in [0.25, 0.3) is 0 Å². The van der Waals surface area contributed by atoms with Crippen LogP contribution in [0.15, 0.2) is 83.8 Å². The summed E-state index contributed by atoms with van der Waals surface area (Å²) in [6.45, 7) is 17.8. The second-order valence-corrected chi connectivity index (χ2v) is 16.1. The number of nitrogen functional groups attached to an aromatic ring is 1. The van der Waals surface area contributed by atoms with Gasteiger partial charge in [-0.25, -0.2) is 0 Å². The Hall–Kier alpha value is -3.82. The Labute approximate surface area is 330 Å². The van der Waals surface area contributed by atoms with E-state index in [9.17, 15) is 4.79 Å². The molecule has 6 rings (SSSR count). The standard InChI is InChI=1S/C13H19B2ClN.C11H16BNO3.C7H9BO4.C6H7BO3/c1-12(2)8-15(14-13(12,3)4)9-5-6-11(17)10(16)7-9;1-10(2)11(3,4)16-12(15-10)8-5-6-9(14)13-7-8;1-12-7-4-5(9)2-3-6(7)8(10)11;8-6-3-1-5(2-4-6)7(9)10/h5-7H,8,17H2,1-4H3;5-7H,1-4H3,(H,13,14);2-4,9-11H,1H3;1-4,8-10H. The molecule has 12 nitrogen and oxygen atoms in total. The molecule has 0 aliphatic carbocycles. The molecule has 0 bridgehead atoms. The number of rotatable bonds is 5. The second kappa shape index (κ2) is 18.4. The van der Waals surface area contributed by atoms with Gasteiger partial charge in [-0.15, -0.1) is 0 Å². The van der Waals surface area contributed by atoms with Gasteiger partial charge in [0.05, 0.1) is 36.2 Å². The molecule has 291 valence electrons. The number of ether oxygens (including phenoxy) is 1. The lowest BCUT2D eigenvalue weighted by Crippen LogP contribution is -2.41. The number of nitrogens with two attached hydrogens (primary N) is 1. The monoisotopic (exact) mass is 773 g/mol. The van der Waals surface area contributed by atoms with Crippen LogP contribution >= 0.6 is 11.6 Å². The zero-order valence-corrected chi connectivity index (χ0v) is 33.6. The van der Waals surface area contributed by atoms with Gasteiger partial charge in [0.1, 0.15) is 23.9 Å². The molecule has 2 fully saturated rings. The fraction of sp³-hybridized carbons (Fsp3) is 0.378. The molecule has 55 heavy (non-hydrogen) atoms. The molecule has 1 aromatic heterocycles. The van der Waals surface area contributed by atoms with Crippen molar-refractivity contribution in [3.8, 4) is 17.2 Å². The number of pyridine rings is 1. The highest BCUT2D eigenvalue weighted by atomic mass is 35.5. The maximum atomic E-state index is 11.0. The van der Waals surface area contributed by atoms with Gasteiger partial charge in [0.2, 0.25) is 5.56 Å². The smallest absolute Gasteiger partial charge is 0.496 e. The summed E-state index contributed by atoms with van der Waals surface area (Å²) in [5, 5.41) is 53.5. The van der Waals surface area contributed by atoms with Crippen LogP contribution in [0.3, 0.4) is 0 Å². The number of anilines is 1. The number of aromatic amines is 1. The number of nitrogens with one attached hydrogen (secondary N) is 1. The number of phenols is 2. The van der Waals surface area contributed by atoms with Crippen LogP contribution in [0.5, 0.6) is 17.2 Å². The molecule has 4 aromatic rings. The Bertz CT molecular complexity index is 1880. The van der Waals surface area contributed by atoms with Gasteiger partial charge in [0.25, 0.3) is 0 Å². The minimum atomic E-state index is -1.58. The van der Waals surface area contributed by atoms with Crippen molar-refractivity contribution in [3.63, 3.8) is 0 Å². The van der Waals surface area contributed by atoms with Gasteiger partial charge in [0.15, 0.2) is 0 Å². The predicted octanol–water partition coefficient (Wildman–Crippen LogP) is 1.89. The average molecular weight is 773 g/mol. The first kappa shape index (κ1) is 45.6. The molecular formula is C37H51B5ClN2O10.